The van der Waals surface area contributed by atoms with Gasteiger partial charge >= 0.3 is 0 Å². The molecule has 0 unspecified atom stereocenters. The van der Waals surface area contributed by atoms with E-state index in [4.69, 9.17) is 16.6 Å². The van der Waals surface area contributed by atoms with Crippen LogP contribution in [0.4, 0.5) is 20.3 Å². The predicted molar refractivity (Wildman–Crippen MR) is 39.7 cm³/mol. The molecule has 1 rings (SSSR count). The van der Waals surface area contributed by atoms with Crippen LogP contribution in [0, 0.1) is 0 Å². The van der Waals surface area contributed by atoms with Gasteiger partial charge in [-0.3, -0.25) is 0 Å². The van der Waals surface area contributed by atoms with Gasteiger partial charge in [0.15, 0.2) is 11.6 Å². The molecule has 0 aliphatic rings. The van der Waals surface area contributed by atoms with Crippen molar-refractivity contribution in [2.75, 3.05) is 11.5 Å². The number of nitrogen functional groups attached to an aromatic ring is 2. The summed E-state index contributed by atoms with van der Waals surface area (Å²) in [5.74, 6) is -0.843. The Balaban J connectivity index is 3.27. The first-order valence-corrected chi connectivity index (χ1v) is 3.05. The molecule has 1 aromatic rings. The summed E-state index contributed by atoms with van der Waals surface area (Å²) in [6.07, 6.45) is -1.92. The lowest BCUT2D eigenvalue weighted by Gasteiger charge is -2.06. The van der Waals surface area contributed by atoms with Gasteiger partial charge in [-0.2, -0.15) is 0 Å². The van der Waals surface area contributed by atoms with E-state index in [0.717, 1.165) is 6.20 Å². The van der Waals surface area contributed by atoms with Gasteiger partial charge in [-0.05, 0) is 0 Å². The molecule has 1 aromatic heterocycles. The van der Waals surface area contributed by atoms with Gasteiger partial charge in [-0.15, -0.1) is 0 Å². The van der Waals surface area contributed by atoms with E-state index in [0.29, 0.717) is 0 Å². The van der Waals surface area contributed by atoms with Crippen molar-refractivity contribution in [3.63, 3.8) is 0 Å². The van der Waals surface area contributed by atoms with Crippen molar-refractivity contribution < 1.29 is 13.9 Å². The maximum absolute atomic E-state index is 12.1. The van der Waals surface area contributed by atoms with Crippen LogP contribution >= 0.6 is 0 Å². The number of nitrogens with zero attached hydrogens (tertiary/aromatic N) is 1. The highest BCUT2D eigenvalue weighted by Gasteiger charge is 2.16. The van der Waals surface area contributed by atoms with Crippen molar-refractivity contribution in [1.82, 2.24) is 4.98 Å². The minimum absolute atomic E-state index is 0.253. The summed E-state index contributed by atoms with van der Waals surface area (Å²) in [4.78, 5) is 3.33. The summed E-state index contributed by atoms with van der Waals surface area (Å²) in [7, 11) is 0. The first-order valence-electron chi connectivity index (χ1n) is 3.05. The van der Waals surface area contributed by atoms with Crippen LogP contribution in [0.3, 0.4) is 0 Å². The fourth-order valence-corrected chi connectivity index (χ4v) is 0.718. The lowest BCUT2D eigenvalue weighted by atomic mass is 10.2. The smallest absolute Gasteiger partial charge is 0.267 e. The molecule has 0 aliphatic carbocycles. The van der Waals surface area contributed by atoms with E-state index in [1.54, 1.807) is 0 Å². The number of aromatic hydroxyl groups is 1. The topological polar surface area (TPSA) is 85.2 Å². The number of aromatic nitrogens is 1. The summed E-state index contributed by atoms with van der Waals surface area (Å²) in [6.45, 7) is 0. The molecule has 6 heteroatoms. The Hall–Kier alpha value is -1.59. The molecule has 0 saturated heterocycles. The minimum atomic E-state index is -2.76. The van der Waals surface area contributed by atoms with Crippen LogP contribution in [-0.4, -0.2) is 10.1 Å². The lowest BCUT2D eigenvalue weighted by Crippen LogP contribution is -2.00. The Bertz CT molecular complexity index is 303. The number of hydrogen-bond acceptors (Lipinski definition) is 4. The summed E-state index contributed by atoms with van der Waals surface area (Å²) in [5, 5.41) is 8.99. The van der Waals surface area contributed by atoms with Crippen LogP contribution < -0.4 is 11.5 Å². The van der Waals surface area contributed by atoms with Gasteiger partial charge in [0.2, 0.25) is 0 Å². The van der Waals surface area contributed by atoms with Crippen LogP contribution in [0.25, 0.3) is 0 Å². The van der Waals surface area contributed by atoms with Crippen LogP contribution in [0.15, 0.2) is 6.20 Å². The van der Waals surface area contributed by atoms with Gasteiger partial charge in [-0.1, -0.05) is 0 Å². The third-order valence-corrected chi connectivity index (χ3v) is 1.39. The van der Waals surface area contributed by atoms with Crippen LogP contribution in [0.2, 0.25) is 0 Å². The second-order valence-corrected chi connectivity index (χ2v) is 2.16. The average molecular weight is 175 g/mol. The van der Waals surface area contributed by atoms with E-state index in [1.807, 2.05) is 0 Å². The second kappa shape index (κ2) is 2.80. The third-order valence-electron chi connectivity index (χ3n) is 1.39. The summed E-state index contributed by atoms with van der Waals surface area (Å²) in [6, 6.07) is 0. The molecular weight excluding hydrogens is 168 g/mol. The standard InChI is InChI=1S/C6H7F2N3O/c7-5(8)2-1-11-6(10)4(12)3(2)9/h1,5,12H,(H4,9,10,11). The first-order chi connectivity index (χ1) is 5.54. The minimum Gasteiger partial charge on any atom is -0.503 e. The Morgan fingerprint density at radius 3 is 2.50 bits per heavy atom. The van der Waals surface area contributed by atoms with Gasteiger partial charge in [0, 0.05) is 6.20 Å². The van der Waals surface area contributed by atoms with Crippen molar-refractivity contribution in [3.05, 3.63) is 11.8 Å². The SMILES string of the molecule is Nc1ncc(C(F)F)c(N)c1O. The van der Waals surface area contributed by atoms with Gasteiger partial charge in [0.1, 0.15) is 0 Å². The molecule has 66 valence electrons. The lowest BCUT2D eigenvalue weighted by molar-refractivity contribution is 0.151. The molecule has 0 radical (unpaired) electrons. The van der Waals surface area contributed by atoms with E-state index in [1.165, 1.54) is 0 Å². The predicted octanol–water partition coefficient (Wildman–Crippen LogP) is 0.889. The molecule has 0 fully saturated rings. The van der Waals surface area contributed by atoms with Crippen molar-refractivity contribution in [2.45, 2.75) is 6.43 Å². The monoisotopic (exact) mass is 175 g/mol. The number of hydrogen-bond donors (Lipinski definition) is 3. The average Bonchev–Trinajstić information content (AvgIpc) is 2.00. The summed E-state index contributed by atoms with van der Waals surface area (Å²) < 4.78 is 24.1. The molecule has 0 saturated carbocycles. The molecule has 4 nitrogen and oxygen atoms in total. The number of pyridine rings is 1. The van der Waals surface area contributed by atoms with Gasteiger partial charge < -0.3 is 16.6 Å². The zero-order valence-electron chi connectivity index (χ0n) is 5.96. The van der Waals surface area contributed by atoms with Crippen LogP contribution in [-0.2, 0) is 0 Å². The second-order valence-electron chi connectivity index (χ2n) is 2.16. The van der Waals surface area contributed by atoms with Crippen LogP contribution in [0.1, 0.15) is 12.0 Å². The zero-order chi connectivity index (χ0) is 9.30. The number of rotatable bonds is 1. The van der Waals surface area contributed by atoms with Gasteiger partial charge in [-0.25, -0.2) is 13.8 Å². The maximum Gasteiger partial charge on any atom is 0.267 e. The Kier molecular flexibility index (Phi) is 1.99. The molecule has 1 heterocycles. The van der Waals surface area contributed by atoms with E-state index >= 15 is 0 Å². The summed E-state index contributed by atoms with van der Waals surface area (Å²) in [5.41, 5.74) is 9.31. The quantitative estimate of drug-likeness (QED) is 0.591. The molecule has 0 bridgehead atoms. The van der Waals surface area contributed by atoms with Crippen molar-refractivity contribution in [3.8, 4) is 5.75 Å². The Morgan fingerprint density at radius 2 is 2.00 bits per heavy atom. The fraction of sp³-hybridized carbons (Fsp3) is 0.167. The highest BCUT2D eigenvalue weighted by atomic mass is 19.3. The molecule has 0 spiro atoms. The summed E-state index contributed by atoms with van der Waals surface area (Å²) >= 11 is 0. The molecule has 12 heavy (non-hydrogen) atoms. The Morgan fingerprint density at radius 1 is 1.42 bits per heavy atom. The molecule has 5 N–H and O–H groups in total. The number of alkyl halides is 2. The molecule has 0 amide bonds. The van der Waals surface area contributed by atoms with Gasteiger partial charge in [0.25, 0.3) is 6.43 Å². The van der Waals surface area contributed by atoms with E-state index in [2.05, 4.69) is 4.98 Å². The highest BCUT2D eigenvalue weighted by molar-refractivity contribution is 5.66. The first kappa shape index (κ1) is 8.51. The van der Waals surface area contributed by atoms with E-state index in [-0.39, 0.29) is 5.82 Å². The molecule has 0 aliphatic heterocycles. The van der Waals surface area contributed by atoms with Crippen LogP contribution in [0.5, 0.6) is 5.75 Å². The van der Waals surface area contributed by atoms with Crippen molar-refractivity contribution in [1.29, 1.82) is 0 Å². The largest absolute Gasteiger partial charge is 0.503 e. The number of halogens is 2. The maximum atomic E-state index is 12.1. The van der Waals surface area contributed by atoms with Crippen molar-refractivity contribution >= 4 is 11.5 Å². The zero-order valence-corrected chi connectivity index (χ0v) is 5.96. The van der Waals surface area contributed by atoms with Crippen molar-refractivity contribution in [2.24, 2.45) is 0 Å². The van der Waals surface area contributed by atoms with E-state index in [9.17, 15) is 8.78 Å². The normalized spacial score (nSPS) is 10.6. The molecule has 0 atom stereocenters. The number of nitrogens with two attached hydrogens (primary N) is 2. The Labute approximate surface area is 66.8 Å². The molecule has 0 aromatic carbocycles. The fourth-order valence-electron chi connectivity index (χ4n) is 0.718. The molecular formula is C6H7F2N3O. The number of anilines is 2. The van der Waals surface area contributed by atoms with Gasteiger partial charge in [0.05, 0.1) is 11.3 Å². The van der Waals surface area contributed by atoms with E-state index < -0.39 is 23.4 Å². The highest BCUT2D eigenvalue weighted by Crippen LogP contribution is 2.33. The third kappa shape index (κ3) is 1.23.